The molecule has 0 radical (unpaired) electrons. The van der Waals surface area contributed by atoms with Gasteiger partial charge in [0.15, 0.2) is 0 Å². The van der Waals surface area contributed by atoms with Crippen molar-refractivity contribution in [2.45, 2.75) is 38.5 Å². The molecule has 78 heavy (non-hydrogen) atoms. The first-order valence-corrected chi connectivity index (χ1v) is 27.3. The van der Waals surface area contributed by atoms with E-state index in [-0.39, 0.29) is 10.8 Å². The smallest absolute Gasteiger partial charge is 0.0540 e. The van der Waals surface area contributed by atoms with Gasteiger partial charge in [-0.3, -0.25) is 0 Å². The summed E-state index contributed by atoms with van der Waals surface area (Å²) in [7, 11) is 0. The number of hydrogen-bond acceptors (Lipinski definition) is 2. The molecule has 372 valence electrons. The fraction of sp³-hybridized carbons (Fsp3) is 0.0789. The molecule has 0 spiro atoms. The van der Waals surface area contributed by atoms with Crippen LogP contribution in [-0.4, -0.2) is 0 Å². The molecular weight excluding hydrogens is 941 g/mol. The molecule has 0 saturated carbocycles. The van der Waals surface area contributed by atoms with Crippen molar-refractivity contribution < 1.29 is 0 Å². The Labute approximate surface area is 458 Å². The first-order valence-electron chi connectivity index (χ1n) is 27.3. The molecule has 0 aliphatic heterocycles. The van der Waals surface area contributed by atoms with Crippen molar-refractivity contribution in [3.63, 3.8) is 0 Å². The molecule has 0 fully saturated rings. The molecule has 2 aliphatic rings. The lowest BCUT2D eigenvalue weighted by atomic mass is 9.81. The fourth-order valence-electron chi connectivity index (χ4n) is 12.8. The Balaban J connectivity index is 0.736. The lowest BCUT2D eigenvalue weighted by Crippen LogP contribution is -2.16. The van der Waals surface area contributed by atoms with Gasteiger partial charge in [0.25, 0.3) is 0 Å². The minimum absolute atomic E-state index is 0.197. The van der Waals surface area contributed by atoms with Gasteiger partial charge >= 0.3 is 0 Å². The predicted octanol–water partition coefficient (Wildman–Crippen LogP) is 21.0. The summed E-state index contributed by atoms with van der Waals surface area (Å²) in [6, 6.07) is 93.6. The van der Waals surface area contributed by atoms with Gasteiger partial charge < -0.3 is 9.80 Å². The molecule has 0 atom stereocenters. The largest absolute Gasteiger partial charge is 0.310 e. The summed E-state index contributed by atoms with van der Waals surface area (Å²) >= 11 is 0. The Morgan fingerprint density at radius 3 is 1.05 bits per heavy atom. The summed E-state index contributed by atoms with van der Waals surface area (Å²) in [4.78, 5) is 4.83. The summed E-state index contributed by atoms with van der Waals surface area (Å²) < 4.78 is 0. The molecule has 0 amide bonds. The fourth-order valence-corrected chi connectivity index (χ4v) is 12.8. The highest BCUT2D eigenvalue weighted by Crippen LogP contribution is 2.53. The molecule has 14 rings (SSSR count). The molecule has 0 unspecified atom stereocenters. The van der Waals surface area contributed by atoms with E-state index in [0.29, 0.717) is 0 Å². The van der Waals surface area contributed by atoms with Crippen LogP contribution in [0.25, 0.3) is 78.9 Å². The predicted molar refractivity (Wildman–Crippen MR) is 334 cm³/mol. The van der Waals surface area contributed by atoms with E-state index in [0.717, 1.165) is 22.7 Å². The average Bonchev–Trinajstić information content (AvgIpc) is 4.05. The van der Waals surface area contributed by atoms with Gasteiger partial charge in [0.05, 0.1) is 11.4 Å². The van der Waals surface area contributed by atoms with Crippen molar-refractivity contribution in [1.82, 2.24) is 0 Å². The van der Waals surface area contributed by atoms with Crippen LogP contribution in [0.3, 0.4) is 0 Å². The second-order valence-electron chi connectivity index (χ2n) is 22.1. The third-order valence-electron chi connectivity index (χ3n) is 16.8. The third kappa shape index (κ3) is 7.86. The second kappa shape index (κ2) is 18.7. The van der Waals surface area contributed by atoms with Gasteiger partial charge in [-0.2, -0.15) is 0 Å². The van der Waals surface area contributed by atoms with Gasteiger partial charge in [0.1, 0.15) is 0 Å². The van der Waals surface area contributed by atoms with Crippen LogP contribution in [0.4, 0.5) is 34.1 Å². The Hall–Kier alpha value is -9.50. The summed E-state index contributed by atoms with van der Waals surface area (Å²) in [5, 5.41) is 7.39. The van der Waals surface area contributed by atoms with Gasteiger partial charge in [-0.15, -0.1) is 0 Å². The van der Waals surface area contributed by atoms with Gasteiger partial charge in [-0.25, -0.2) is 0 Å². The molecule has 0 heterocycles. The molecule has 2 heteroatoms. The SMILES string of the molecule is CC1(C)c2cc(C=Cc3cccc4c(C=Cc5ccc6c(c5)C(C)(C)c5cc(N(c7ccccc7)c7cccc8ccccc78)ccc5-6)cccc34)ccc2-c2ccc(N(c3ccccc3)c3cccc4ccccc34)cc21. The molecular formula is C76H58N2. The standard InChI is InChI=1S/C76H58N2/c1-75(2)69-47-51(37-43-65(69)67-45-41-59(49-71(67)75)77(57-25-7-5-8-26-57)73-33-17-23-53-19-11-13-29-63(53)73)35-39-55-21-15-32-62-56(22-16-31-61(55)62)40-36-52-38-44-66-68-46-42-60(50-72(68)76(3,4)70(66)48-52)78(58-27-9-6-10-28-58)74-34-18-24-54-20-12-14-30-64(54)74/h5-50H,1-4H3. The summed E-state index contributed by atoms with van der Waals surface area (Å²) in [5.41, 5.74) is 22.0. The van der Waals surface area contributed by atoms with Crippen LogP contribution in [-0.2, 0) is 10.8 Å². The van der Waals surface area contributed by atoms with Crippen LogP contribution >= 0.6 is 0 Å². The van der Waals surface area contributed by atoms with Crippen molar-refractivity contribution in [3.8, 4) is 22.3 Å². The average molecular weight is 999 g/mol. The van der Waals surface area contributed by atoms with Crippen LogP contribution in [0.15, 0.2) is 255 Å². The van der Waals surface area contributed by atoms with Gasteiger partial charge in [0, 0.05) is 44.4 Å². The second-order valence-corrected chi connectivity index (χ2v) is 22.1. The van der Waals surface area contributed by atoms with E-state index in [1.807, 2.05) is 0 Å². The van der Waals surface area contributed by atoms with Crippen LogP contribution in [0.1, 0.15) is 72.2 Å². The van der Waals surface area contributed by atoms with E-state index in [1.165, 1.54) is 110 Å². The summed E-state index contributed by atoms with van der Waals surface area (Å²) in [6.07, 6.45) is 9.16. The van der Waals surface area contributed by atoms with E-state index >= 15 is 0 Å². The molecule has 12 aromatic rings. The first-order chi connectivity index (χ1) is 38.2. The normalized spacial score (nSPS) is 13.7. The molecule has 12 aromatic carbocycles. The highest BCUT2D eigenvalue weighted by molar-refractivity contribution is 6.02. The lowest BCUT2D eigenvalue weighted by molar-refractivity contribution is 0.660. The van der Waals surface area contributed by atoms with Crippen molar-refractivity contribution in [1.29, 1.82) is 0 Å². The Morgan fingerprint density at radius 1 is 0.269 bits per heavy atom. The van der Waals surface area contributed by atoms with Gasteiger partial charge in [-0.1, -0.05) is 246 Å². The van der Waals surface area contributed by atoms with Gasteiger partial charge in [0.2, 0.25) is 0 Å². The van der Waals surface area contributed by atoms with Crippen molar-refractivity contribution in [2.24, 2.45) is 0 Å². The van der Waals surface area contributed by atoms with E-state index in [4.69, 9.17) is 0 Å². The topological polar surface area (TPSA) is 6.48 Å². The highest BCUT2D eigenvalue weighted by Gasteiger charge is 2.38. The van der Waals surface area contributed by atoms with E-state index in [9.17, 15) is 0 Å². The van der Waals surface area contributed by atoms with Crippen molar-refractivity contribution >= 4 is 90.7 Å². The molecule has 0 bridgehead atoms. The molecule has 0 N–H and O–H groups in total. The van der Waals surface area contributed by atoms with E-state index < -0.39 is 0 Å². The summed E-state index contributed by atoms with van der Waals surface area (Å²) in [6.45, 7) is 9.52. The zero-order chi connectivity index (χ0) is 52.5. The zero-order valence-electron chi connectivity index (χ0n) is 44.5. The van der Waals surface area contributed by atoms with Crippen LogP contribution in [0, 0.1) is 0 Å². The van der Waals surface area contributed by atoms with Crippen LogP contribution < -0.4 is 9.80 Å². The third-order valence-corrected chi connectivity index (χ3v) is 16.8. The number of para-hydroxylation sites is 2. The van der Waals surface area contributed by atoms with E-state index in [2.05, 4.69) is 317 Å². The van der Waals surface area contributed by atoms with Crippen molar-refractivity contribution in [3.05, 3.63) is 299 Å². The number of fused-ring (bicyclic) bond motifs is 9. The monoisotopic (exact) mass is 998 g/mol. The number of hydrogen-bond donors (Lipinski definition) is 0. The zero-order valence-corrected chi connectivity index (χ0v) is 44.5. The maximum absolute atomic E-state index is 2.43. The van der Waals surface area contributed by atoms with Crippen LogP contribution in [0.5, 0.6) is 0 Å². The molecule has 2 aliphatic carbocycles. The Kier molecular flexibility index (Phi) is 11.2. The minimum Gasteiger partial charge on any atom is -0.310 e. The lowest BCUT2D eigenvalue weighted by Gasteiger charge is -2.29. The van der Waals surface area contributed by atoms with E-state index in [1.54, 1.807) is 0 Å². The quantitative estimate of drug-likeness (QED) is 0.126. The van der Waals surface area contributed by atoms with Crippen LogP contribution in [0.2, 0.25) is 0 Å². The number of benzene rings is 12. The highest BCUT2D eigenvalue weighted by atomic mass is 15.1. The first kappa shape index (κ1) is 47.0. The number of anilines is 6. The molecule has 2 nitrogen and oxygen atoms in total. The number of nitrogens with zero attached hydrogens (tertiary/aromatic N) is 2. The summed E-state index contributed by atoms with van der Waals surface area (Å²) in [5.74, 6) is 0. The molecule has 0 saturated heterocycles. The molecule has 0 aromatic heterocycles. The maximum atomic E-state index is 2.43. The minimum atomic E-state index is -0.197. The maximum Gasteiger partial charge on any atom is 0.0540 e. The Morgan fingerprint density at radius 2 is 0.615 bits per heavy atom. The van der Waals surface area contributed by atoms with Gasteiger partial charge in [-0.05, 0) is 149 Å². The van der Waals surface area contributed by atoms with Crippen molar-refractivity contribution in [2.75, 3.05) is 9.80 Å². The Bertz CT molecular complexity index is 4090. The number of rotatable bonds is 10.